The van der Waals surface area contributed by atoms with Gasteiger partial charge in [0, 0.05) is 0 Å². The molecular weight excluding hydrogens is 170 g/mol. The van der Waals surface area contributed by atoms with Crippen LogP contribution in [0.4, 0.5) is 4.79 Å². The highest BCUT2D eigenvalue weighted by atomic mass is 16.4. The van der Waals surface area contributed by atoms with Crippen molar-refractivity contribution in [2.24, 2.45) is 5.92 Å². The Morgan fingerprint density at radius 2 is 2.15 bits per heavy atom. The van der Waals surface area contributed by atoms with Gasteiger partial charge >= 0.3 is 6.09 Å². The third-order valence-corrected chi connectivity index (χ3v) is 2.58. The first-order chi connectivity index (χ1) is 6.09. The van der Waals surface area contributed by atoms with Crippen LogP contribution >= 0.6 is 0 Å². The summed E-state index contributed by atoms with van der Waals surface area (Å²) in [5.74, 6) is 0.454. The second-order valence-corrected chi connectivity index (χ2v) is 3.65. The molecule has 0 radical (unpaired) electrons. The van der Waals surface area contributed by atoms with E-state index >= 15 is 0 Å². The van der Waals surface area contributed by atoms with Crippen molar-refractivity contribution in [2.75, 3.05) is 0 Å². The molecule has 0 aliphatic heterocycles. The Kier molecular flexibility index (Phi) is 3.28. The molecule has 0 heterocycles. The number of nitrogens with one attached hydrogen (secondary N) is 1. The van der Waals surface area contributed by atoms with Gasteiger partial charge in [-0.2, -0.15) is 0 Å². The van der Waals surface area contributed by atoms with Crippen molar-refractivity contribution in [3.63, 3.8) is 0 Å². The average molecular weight is 185 g/mol. The Morgan fingerprint density at radius 3 is 2.46 bits per heavy atom. The molecule has 1 unspecified atom stereocenters. The van der Waals surface area contributed by atoms with Gasteiger partial charge in [0.2, 0.25) is 0 Å². The van der Waals surface area contributed by atoms with Crippen molar-refractivity contribution >= 4 is 11.9 Å². The summed E-state index contributed by atoms with van der Waals surface area (Å²) in [4.78, 5) is 21.4. The number of rotatable bonds is 4. The lowest BCUT2D eigenvalue weighted by molar-refractivity contribution is -0.119. The first-order valence-corrected chi connectivity index (χ1v) is 4.59. The third kappa shape index (κ3) is 3.05. The van der Waals surface area contributed by atoms with E-state index in [0.29, 0.717) is 12.3 Å². The Balaban J connectivity index is 2.36. The Bertz CT molecular complexity index is 211. The fraction of sp³-hybridized carbons (Fsp3) is 0.778. The molecule has 0 bridgehead atoms. The van der Waals surface area contributed by atoms with E-state index in [1.807, 2.05) is 0 Å². The van der Waals surface area contributed by atoms with Crippen LogP contribution in [0.15, 0.2) is 0 Å². The van der Waals surface area contributed by atoms with Gasteiger partial charge in [-0.05, 0) is 19.3 Å². The lowest BCUT2D eigenvalue weighted by atomic mass is 9.80. The lowest BCUT2D eigenvalue weighted by Crippen LogP contribution is -2.41. The van der Waals surface area contributed by atoms with Crippen LogP contribution in [0.3, 0.4) is 0 Å². The minimum absolute atomic E-state index is 0.0886. The van der Waals surface area contributed by atoms with E-state index in [2.05, 4.69) is 5.32 Å². The first-order valence-electron chi connectivity index (χ1n) is 4.59. The highest BCUT2D eigenvalue weighted by Gasteiger charge is 2.25. The van der Waals surface area contributed by atoms with Gasteiger partial charge in [-0.25, -0.2) is 4.79 Å². The number of hydrogen-bond donors (Lipinski definition) is 2. The van der Waals surface area contributed by atoms with E-state index in [1.165, 1.54) is 13.3 Å². The summed E-state index contributed by atoms with van der Waals surface area (Å²) >= 11 is 0. The molecule has 2 N–H and O–H groups in total. The van der Waals surface area contributed by atoms with Crippen LogP contribution in [0.2, 0.25) is 0 Å². The Labute approximate surface area is 77.3 Å². The van der Waals surface area contributed by atoms with Crippen molar-refractivity contribution in [1.82, 2.24) is 5.32 Å². The highest BCUT2D eigenvalue weighted by Crippen LogP contribution is 2.30. The van der Waals surface area contributed by atoms with E-state index in [-0.39, 0.29) is 5.78 Å². The molecule has 74 valence electrons. The maximum absolute atomic E-state index is 11.0. The smallest absolute Gasteiger partial charge is 0.405 e. The summed E-state index contributed by atoms with van der Waals surface area (Å²) in [6.07, 6.45) is 3.03. The van der Waals surface area contributed by atoms with E-state index in [4.69, 9.17) is 5.11 Å². The summed E-state index contributed by atoms with van der Waals surface area (Å²) in [6.45, 7) is 1.43. The largest absolute Gasteiger partial charge is 0.465 e. The number of amides is 1. The molecule has 0 aromatic carbocycles. The van der Waals surface area contributed by atoms with Gasteiger partial charge < -0.3 is 10.4 Å². The van der Waals surface area contributed by atoms with Gasteiger partial charge in [-0.15, -0.1) is 0 Å². The van der Waals surface area contributed by atoms with Crippen molar-refractivity contribution < 1.29 is 14.7 Å². The van der Waals surface area contributed by atoms with Crippen LogP contribution in [-0.2, 0) is 4.79 Å². The third-order valence-electron chi connectivity index (χ3n) is 2.58. The zero-order valence-electron chi connectivity index (χ0n) is 7.75. The van der Waals surface area contributed by atoms with Gasteiger partial charge in [0.15, 0.2) is 5.78 Å². The molecule has 0 aromatic rings. The second-order valence-electron chi connectivity index (χ2n) is 3.65. The predicted octanol–water partition coefficient (Wildman–Crippen LogP) is 1.40. The highest BCUT2D eigenvalue weighted by molar-refractivity contribution is 5.84. The summed E-state index contributed by atoms with van der Waals surface area (Å²) in [5, 5.41) is 10.7. The molecular formula is C9H15NO3. The fourth-order valence-corrected chi connectivity index (χ4v) is 1.54. The monoisotopic (exact) mass is 185 g/mol. The summed E-state index contributed by atoms with van der Waals surface area (Å²) in [6, 6.07) is -0.497. The van der Waals surface area contributed by atoms with Crippen LogP contribution in [0.1, 0.15) is 32.6 Å². The van der Waals surface area contributed by atoms with Crippen LogP contribution in [0, 0.1) is 5.92 Å². The zero-order chi connectivity index (χ0) is 9.84. The topological polar surface area (TPSA) is 66.4 Å². The second kappa shape index (κ2) is 4.25. The number of Topliss-reactive ketones (excluding diaryl/α,β-unsaturated/α-hetero) is 1. The summed E-state index contributed by atoms with van der Waals surface area (Å²) in [7, 11) is 0. The number of carbonyl (C=O) groups excluding carboxylic acids is 1. The van der Waals surface area contributed by atoms with Gasteiger partial charge in [-0.1, -0.05) is 19.3 Å². The van der Waals surface area contributed by atoms with Crippen LogP contribution in [0.25, 0.3) is 0 Å². The van der Waals surface area contributed by atoms with Crippen molar-refractivity contribution in [3.8, 4) is 0 Å². The molecule has 1 aliphatic carbocycles. The molecule has 0 spiro atoms. The Morgan fingerprint density at radius 1 is 1.54 bits per heavy atom. The van der Waals surface area contributed by atoms with Gasteiger partial charge in [-0.3, -0.25) is 4.79 Å². The number of ketones is 1. The summed E-state index contributed by atoms with van der Waals surface area (Å²) in [5.41, 5.74) is 0. The van der Waals surface area contributed by atoms with E-state index in [0.717, 1.165) is 12.8 Å². The van der Waals surface area contributed by atoms with Crippen LogP contribution < -0.4 is 5.32 Å². The molecule has 0 saturated heterocycles. The fourth-order valence-electron chi connectivity index (χ4n) is 1.54. The average Bonchev–Trinajstić information content (AvgIpc) is 1.92. The zero-order valence-corrected chi connectivity index (χ0v) is 7.75. The van der Waals surface area contributed by atoms with E-state index in [1.54, 1.807) is 0 Å². The number of hydrogen-bond acceptors (Lipinski definition) is 2. The predicted molar refractivity (Wildman–Crippen MR) is 47.6 cm³/mol. The Hall–Kier alpha value is -1.06. The van der Waals surface area contributed by atoms with Gasteiger partial charge in [0.05, 0.1) is 6.04 Å². The molecule has 13 heavy (non-hydrogen) atoms. The van der Waals surface area contributed by atoms with E-state index < -0.39 is 12.1 Å². The van der Waals surface area contributed by atoms with Crippen molar-refractivity contribution in [3.05, 3.63) is 0 Å². The first kappa shape index (κ1) is 10.0. The maximum Gasteiger partial charge on any atom is 0.405 e. The van der Waals surface area contributed by atoms with Gasteiger partial charge in [0.25, 0.3) is 0 Å². The minimum atomic E-state index is -1.11. The molecule has 1 fully saturated rings. The maximum atomic E-state index is 11.0. The molecule has 1 rings (SSSR count). The molecule has 1 aliphatic rings. The molecule has 1 atom stereocenters. The minimum Gasteiger partial charge on any atom is -0.465 e. The summed E-state index contributed by atoms with van der Waals surface area (Å²) < 4.78 is 0. The standard InChI is InChI=1S/C9H15NO3/c1-6(11)8(10-9(12)13)5-7-3-2-4-7/h7-8,10H,2-5H2,1H3,(H,12,13). The number of carbonyl (C=O) groups is 2. The molecule has 1 saturated carbocycles. The van der Waals surface area contributed by atoms with Crippen LogP contribution in [0.5, 0.6) is 0 Å². The van der Waals surface area contributed by atoms with Crippen molar-refractivity contribution in [1.29, 1.82) is 0 Å². The van der Waals surface area contributed by atoms with E-state index in [9.17, 15) is 9.59 Å². The molecule has 4 heteroatoms. The number of carboxylic acid groups (broad SMARTS) is 1. The molecule has 1 amide bonds. The van der Waals surface area contributed by atoms with Crippen molar-refractivity contribution in [2.45, 2.75) is 38.6 Å². The van der Waals surface area contributed by atoms with Crippen LogP contribution in [-0.4, -0.2) is 23.0 Å². The normalized spacial score (nSPS) is 18.8. The molecule has 0 aromatic heterocycles. The lowest BCUT2D eigenvalue weighted by Gasteiger charge is -2.28. The van der Waals surface area contributed by atoms with Gasteiger partial charge in [0.1, 0.15) is 0 Å². The molecule has 4 nitrogen and oxygen atoms in total. The SMILES string of the molecule is CC(=O)C(CC1CCC1)NC(=O)O. The quantitative estimate of drug-likeness (QED) is 0.695.